The van der Waals surface area contributed by atoms with Crippen LogP contribution in [0.5, 0.6) is 5.75 Å². The van der Waals surface area contributed by atoms with Gasteiger partial charge in [0.05, 0.1) is 13.5 Å². The molecule has 3 aromatic carbocycles. The van der Waals surface area contributed by atoms with E-state index in [1.807, 2.05) is 84.9 Å². The minimum atomic E-state index is -0.613. The second-order valence-electron chi connectivity index (χ2n) is 8.38. The zero-order chi connectivity index (χ0) is 24.2. The van der Waals surface area contributed by atoms with Gasteiger partial charge in [-0.15, -0.1) is 0 Å². The Morgan fingerprint density at radius 1 is 0.853 bits per heavy atom. The highest BCUT2D eigenvalue weighted by molar-refractivity contribution is 5.88. The molecule has 5 nitrogen and oxygen atoms in total. The second kappa shape index (κ2) is 13.2. The number of nitrogens with one attached hydrogen (secondary N) is 1. The maximum Gasteiger partial charge on any atom is 0.243 e. The molecule has 0 aliphatic carbocycles. The van der Waals surface area contributed by atoms with Crippen LogP contribution in [0, 0.1) is 0 Å². The van der Waals surface area contributed by atoms with Crippen LogP contribution in [-0.2, 0) is 29.0 Å². The van der Waals surface area contributed by atoms with Crippen LogP contribution in [0.15, 0.2) is 84.9 Å². The number of amides is 2. The van der Waals surface area contributed by atoms with Crippen molar-refractivity contribution in [3.63, 3.8) is 0 Å². The van der Waals surface area contributed by atoms with E-state index in [9.17, 15) is 9.59 Å². The number of benzene rings is 3. The third kappa shape index (κ3) is 7.48. The van der Waals surface area contributed by atoms with Crippen LogP contribution >= 0.6 is 0 Å². The van der Waals surface area contributed by atoms with Crippen molar-refractivity contribution in [1.29, 1.82) is 0 Å². The molecule has 1 N–H and O–H groups in total. The summed E-state index contributed by atoms with van der Waals surface area (Å²) in [6.07, 6.45) is 2.59. The molecule has 0 saturated heterocycles. The molecule has 0 heterocycles. The maximum atomic E-state index is 13.6. The Bertz CT molecular complexity index is 1020. The van der Waals surface area contributed by atoms with Crippen molar-refractivity contribution >= 4 is 11.8 Å². The molecule has 3 rings (SSSR count). The van der Waals surface area contributed by atoms with E-state index in [2.05, 4.69) is 12.2 Å². The second-order valence-corrected chi connectivity index (χ2v) is 8.38. The Morgan fingerprint density at radius 3 is 2.06 bits per heavy atom. The lowest BCUT2D eigenvalue weighted by molar-refractivity contribution is -0.140. The molecular weight excluding hydrogens is 424 g/mol. The number of rotatable bonds is 12. The molecule has 0 fully saturated rings. The van der Waals surface area contributed by atoms with Crippen LogP contribution < -0.4 is 10.1 Å². The quantitative estimate of drug-likeness (QED) is 0.397. The zero-order valence-corrected chi connectivity index (χ0v) is 20.1. The highest BCUT2D eigenvalue weighted by atomic mass is 16.5. The minimum absolute atomic E-state index is 0.0754. The van der Waals surface area contributed by atoms with Crippen LogP contribution in [0.2, 0.25) is 0 Å². The summed E-state index contributed by atoms with van der Waals surface area (Å²) in [7, 11) is 1.63. The largest absolute Gasteiger partial charge is 0.497 e. The Hall–Kier alpha value is -3.60. The summed E-state index contributed by atoms with van der Waals surface area (Å²) in [5.41, 5.74) is 2.89. The molecule has 5 heteroatoms. The minimum Gasteiger partial charge on any atom is -0.497 e. The Kier molecular flexibility index (Phi) is 9.71. The molecule has 34 heavy (non-hydrogen) atoms. The van der Waals surface area contributed by atoms with Crippen LogP contribution in [0.3, 0.4) is 0 Å². The summed E-state index contributed by atoms with van der Waals surface area (Å²) in [5, 5.41) is 3.05. The number of hydrogen-bond donors (Lipinski definition) is 1. The van der Waals surface area contributed by atoms with E-state index in [-0.39, 0.29) is 18.2 Å². The summed E-state index contributed by atoms with van der Waals surface area (Å²) in [5.74, 6) is 0.560. The summed E-state index contributed by atoms with van der Waals surface area (Å²) < 4.78 is 5.28. The third-order valence-electron chi connectivity index (χ3n) is 5.81. The van der Waals surface area contributed by atoms with E-state index >= 15 is 0 Å². The van der Waals surface area contributed by atoms with Crippen LogP contribution in [0.25, 0.3) is 0 Å². The monoisotopic (exact) mass is 458 g/mol. The highest BCUT2D eigenvalue weighted by Crippen LogP contribution is 2.18. The van der Waals surface area contributed by atoms with Crippen molar-refractivity contribution in [2.24, 2.45) is 0 Å². The van der Waals surface area contributed by atoms with E-state index in [1.54, 1.807) is 12.0 Å². The van der Waals surface area contributed by atoms with Gasteiger partial charge in [0.15, 0.2) is 0 Å². The lowest BCUT2D eigenvalue weighted by atomic mass is 10.0. The predicted molar refractivity (Wildman–Crippen MR) is 136 cm³/mol. The third-order valence-corrected chi connectivity index (χ3v) is 5.81. The number of hydrogen-bond acceptors (Lipinski definition) is 3. The molecular formula is C29H34N2O3. The molecule has 2 amide bonds. The Balaban J connectivity index is 1.92. The molecule has 0 saturated carbocycles. The number of carbonyl (C=O) groups excluding carboxylic acids is 2. The fourth-order valence-electron chi connectivity index (χ4n) is 3.86. The number of unbranched alkanes of at least 4 members (excludes halogenated alkanes) is 1. The van der Waals surface area contributed by atoms with Crippen LogP contribution in [0.1, 0.15) is 36.5 Å². The van der Waals surface area contributed by atoms with Crippen molar-refractivity contribution in [1.82, 2.24) is 10.2 Å². The molecule has 0 aromatic heterocycles. The standard InChI is InChI=1S/C29H34N2O3/c1-3-4-19-30-29(33)27(20-23-11-7-5-8-12-23)31(22-25-15-17-26(34-2)18-16-25)28(32)21-24-13-9-6-10-14-24/h5-18,27H,3-4,19-22H2,1-2H3,(H,30,33)/t27-/m0/s1. The van der Waals surface area contributed by atoms with Crippen molar-refractivity contribution in [2.45, 2.75) is 45.2 Å². The first-order valence-corrected chi connectivity index (χ1v) is 11.9. The van der Waals surface area contributed by atoms with Gasteiger partial charge in [-0.2, -0.15) is 0 Å². The van der Waals surface area contributed by atoms with E-state index in [1.165, 1.54) is 0 Å². The molecule has 0 aliphatic heterocycles. The highest BCUT2D eigenvalue weighted by Gasteiger charge is 2.30. The topological polar surface area (TPSA) is 58.6 Å². The molecule has 178 valence electrons. The molecule has 0 bridgehead atoms. The van der Waals surface area contributed by atoms with E-state index in [0.717, 1.165) is 35.3 Å². The number of carbonyl (C=O) groups is 2. The van der Waals surface area contributed by atoms with E-state index < -0.39 is 6.04 Å². The molecule has 0 unspecified atom stereocenters. The fourth-order valence-corrected chi connectivity index (χ4v) is 3.86. The van der Waals surface area contributed by atoms with Crippen molar-refractivity contribution < 1.29 is 14.3 Å². The summed E-state index contributed by atoms with van der Waals surface area (Å²) in [6.45, 7) is 3.03. The lowest BCUT2D eigenvalue weighted by Gasteiger charge is -2.32. The summed E-state index contributed by atoms with van der Waals surface area (Å²) in [4.78, 5) is 28.7. The normalized spacial score (nSPS) is 11.5. The lowest BCUT2D eigenvalue weighted by Crippen LogP contribution is -2.51. The molecule has 1 atom stereocenters. The van der Waals surface area contributed by atoms with Gasteiger partial charge in [0.2, 0.25) is 11.8 Å². The van der Waals surface area contributed by atoms with Crippen molar-refractivity contribution in [3.05, 3.63) is 102 Å². The van der Waals surface area contributed by atoms with Gasteiger partial charge in [0.25, 0.3) is 0 Å². The van der Waals surface area contributed by atoms with Crippen molar-refractivity contribution in [3.8, 4) is 5.75 Å². The summed E-state index contributed by atoms with van der Waals surface area (Å²) in [6, 6.07) is 26.6. The van der Waals surface area contributed by atoms with Gasteiger partial charge < -0.3 is 15.0 Å². The van der Waals surface area contributed by atoms with Crippen LogP contribution in [0.4, 0.5) is 0 Å². The van der Waals surface area contributed by atoms with E-state index in [0.29, 0.717) is 19.5 Å². The number of ether oxygens (including phenoxy) is 1. The van der Waals surface area contributed by atoms with Gasteiger partial charge >= 0.3 is 0 Å². The van der Waals surface area contributed by atoms with Crippen molar-refractivity contribution in [2.75, 3.05) is 13.7 Å². The first-order chi connectivity index (χ1) is 16.6. The average Bonchev–Trinajstić information content (AvgIpc) is 2.87. The molecule has 3 aromatic rings. The Morgan fingerprint density at radius 2 is 1.47 bits per heavy atom. The van der Waals surface area contributed by atoms with Gasteiger partial charge in [-0.3, -0.25) is 9.59 Å². The fraction of sp³-hybridized carbons (Fsp3) is 0.310. The first-order valence-electron chi connectivity index (χ1n) is 11.9. The Labute approximate surface area is 202 Å². The van der Waals surface area contributed by atoms with Crippen LogP contribution in [-0.4, -0.2) is 36.4 Å². The van der Waals surface area contributed by atoms with E-state index in [4.69, 9.17) is 4.74 Å². The van der Waals surface area contributed by atoms with Gasteiger partial charge in [-0.05, 0) is 35.2 Å². The SMILES string of the molecule is CCCCNC(=O)[C@H](Cc1ccccc1)N(Cc1ccc(OC)cc1)C(=O)Cc1ccccc1. The molecule has 0 spiro atoms. The molecule has 0 aliphatic rings. The summed E-state index contributed by atoms with van der Waals surface area (Å²) >= 11 is 0. The molecule has 0 radical (unpaired) electrons. The maximum absolute atomic E-state index is 13.6. The average molecular weight is 459 g/mol. The van der Waals surface area contributed by atoms with Gasteiger partial charge in [-0.1, -0.05) is 86.1 Å². The smallest absolute Gasteiger partial charge is 0.243 e. The first kappa shape index (κ1) is 25.0. The van der Waals surface area contributed by atoms with Gasteiger partial charge in [0, 0.05) is 19.5 Å². The zero-order valence-electron chi connectivity index (χ0n) is 20.1. The van der Waals surface area contributed by atoms with Gasteiger partial charge in [0.1, 0.15) is 11.8 Å². The van der Waals surface area contributed by atoms with Gasteiger partial charge in [-0.25, -0.2) is 0 Å². The number of nitrogens with zero attached hydrogens (tertiary/aromatic N) is 1. The number of methoxy groups -OCH3 is 1. The predicted octanol–water partition coefficient (Wildman–Crippen LogP) is 4.79.